The normalized spacial score (nSPS) is 29.8. The molecule has 0 saturated carbocycles. The van der Waals surface area contributed by atoms with Crippen LogP contribution in [-0.4, -0.2) is 51.3 Å². The van der Waals surface area contributed by atoms with Gasteiger partial charge in [0, 0.05) is 32.8 Å². The first-order valence-electron chi connectivity index (χ1n) is 8.21. The van der Waals surface area contributed by atoms with Gasteiger partial charge in [-0.2, -0.15) is 0 Å². The Bertz CT molecular complexity index is 240. The van der Waals surface area contributed by atoms with E-state index in [1.165, 1.54) is 64.7 Å². The molecule has 0 aromatic rings. The maximum Gasteiger partial charge on any atom is 0.0469 e. The van der Waals surface area contributed by atoms with Crippen LogP contribution in [-0.2, 0) is 4.74 Å². The molecule has 1 unspecified atom stereocenters. The van der Waals surface area contributed by atoms with Crippen LogP contribution < -0.4 is 5.32 Å². The maximum atomic E-state index is 5.46. The molecule has 19 heavy (non-hydrogen) atoms. The summed E-state index contributed by atoms with van der Waals surface area (Å²) < 4.78 is 5.46. The van der Waals surface area contributed by atoms with Crippen LogP contribution in [0.5, 0.6) is 0 Å². The van der Waals surface area contributed by atoms with Crippen molar-refractivity contribution in [1.29, 1.82) is 0 Å². The molecule has 1 N–H and O–H groups in total. The Morgan fingerprint density at radius 2 is 2.11 bits per heavy atom. The molecule has 3 nitrogen and oxygen atoms in total. The van der Waals surface area contributed by atoms with Gasteiger partial charge in [-0.25, -0.2) is 0 Å². The number of nitrogens with one attached hydrogen (secondary N) is 1. The van der Waals surface area contributed by atoms with Gasteiger partial charge in [-0.1, -0.05) is 13.3 Å². The molecule has 1 atom stereocenters. The second kappa shape index (κ2) is 7.61. The fraction of sp³-hybridized carbons (Fsp3) is 1.00. The Kier molecular flexibility index (Phi) is 6.11. The van der Waals surface area contributed by atoms with Crippen molar-refractivity contribution in [2.24, 2.45) is 11.3 Å². The van der Waals surface area contributed by atoms with Gasteiger partial charge >= 0.3 is 0 Å². The van der Waals surface area contributed by atoms with E-state index in [4.69, 9.17) is 4.74 Å². The predicted octanol–water partition coefficient (Wildman–Crippen LogP) is 2.51. The van der Waals surface area contributed by atoms with Gasteiger partial charge in [0.15, 0.2) is 0 Å². The number of rotatable bonds is 6. The molecule has 3 heteroatoms. The predicted molar refractivity (Wildman–Crippen MR) is 80.5 cm³/mol. The third kappa shape index (κ3) is 4.73. The van der Waals surface area contributed by atoms with Gasteiger partial charge in [0.2, 0.25) is 0 Å². The molecule has 2 aliphatic rings. The first kappa shape index (κ1) is 15.3. The summed E-state index contributed by atoms with van der Waals surface area (Å²) in [6.07, 6.45) is 7.95. The highest BCUT2D eigenvalue weighted by molar-refractivity contribution is 4.88. The third-order valence-electron chi connectivity index (χ3n) is 4.86. The zero-order chi connectivity index (χ0) is 13.6. The fourth-order valence-corrected chi connectivity index (χ4v) is 3.99. The number of nitrogens with zero attached hydrogens (tertiary/aromatic N) is 1. The van der Waals surface area contributed by atoms with Gasteiger partial charge in [-0.05, 0) is 57.0 Å². The van der Waals surface area contributed by atoms with Crippen LogP contribution in [0.2, 0.25) is 0 Å². The molecule has 2 fully saturated rings. The van der Waals surface area contributed by atoms with E-state index in [9.17, 15) is 0 Å². The van der Waals surface area contributed by atoms with Crippen molar-refractivity contribution in [2.75, 3.05) is 46.4 Å². The molecule has 0 radical (unpaired) electrons. The van der Waals surface area contributed by atoms with E-state index >= 15 is 0 Å². The summed E-state index contributed by atoms with van der Waals surface area (Å²) >= 11 is 0. The first-order chi connectivity index (χ1) is 9.24. The number of hydrogen-bond acceptors (Lipinski definition) is 3. The topological polar surface area (TPSA) is 24.5 Å². The van der Waals surface area contributed by atoms with Gasteiger partial charge < -0.3 is 15.0 Å². The monoisotopic (exact) mass is 268 g/mol. The Balaban J connectivity index is 1.81. The highest BCUT2D eigenvalue weighted by atomic mass is 16.5. The number of ether oxygens (including phenoxy) is 1. The molecule has 2 aliphatic heterocycles. The minimum atomic E-state index is 0.535. The smallest absolute Gasteiger partial charge is 0.0469 e. The quantitative estimate of drug-likeness (QED) is 0.801. The molecular weight excluding hydrogens is 236 g/mol. The molecule has 0 spiro atoms. The van der Waals surface area contributed by atoms with Gasteiger partial charge in [0.25, 0.3) is 0 Å². The molecule has 0 amide bonds. The van der Waals surface area contributed by atoms with Crippen LogP contribution in [0, 0.1) is 11.3 Å². The molecular formula is C16H32N2O. The standard InChI is InChI=1S/C16H32N2O/c1-3-7-16(8-4-9-17-13-16)14-18(2)12-15-5-10-19-11-6-15/h15,17H,3-14H2,1-2H3. The molecule has 0 aromatic carbocycles. The Hall–Kier alpha value is -0.120. The molecule has 0 aromatic heterocycles. The van der Waals surface area contributed by atoms with Crippen molar-refractivity contribution in [3.05, 3.63) is 0 Å². The lowest BCUT2D eigenvalue weighted by molar-refractivity contribution is 0.0451. The summed E-state index contributed by atoms with van der Waals surface area (Å²) in [7, 11) is 2.32. The summed E-state index contributed by atoms with van der Waals surface area (Å²) in [6.45, 7) is 9.24. The van der Waals surface area contributed by atoms with E-state index in [1.54, 1.807) is 0 Å². The van der Waals surface area contributed by atoms with E-state index < -0.39 is 0 Å². The van der Waals surface area contributed by atoms with E-state index in [0.717, 1.165) is 19.1 Å². The van der Waals surface area contributed by atoms with E-state index in [1.807, 2.05) is 0 Å². The van der Waals surface area contributed by atoms with Crippen molar-refractivity contribution in [2.45, 2.75) is 45.4 Å². The van der Waals surface area contributed by atoms with E-state index in [-0.39, 0.29) is 0 Å². The van der Waals surface area contributed by atoms with Crippen LogP contribution in [0.25, 0.3) is 0 Å². The van der Waals surface area contributed by atoms with Crippen molar-refractivity contribution in [3.63, 3.8) is 0 Å². The average Bonchev–Trinajstić information content (AvgIpc) is 2.40. The summed E-state index contributed by atoms with van der Waals surface area (Å²) in [4.78, 5) is 2.60. The van der Waals surface area contributed by atoms with Gasteiger partial charge in [0.1, 0.15) is 0 Å². The lowest BCUT2D eigenvalue weighted by atomic mass is 9.76. The Labute approximate surface area is 119 Å². The molecule has 0 aliphatic carbocycles. The van der Waals surface area contributed by atoms with Crippen molar-refractivity contribution in [3.8, 4) is 0 Å². The van der Waals surface area contributed by atoms with Gasteiger partial charge in [0.05, 0.1) is 0 Å². The maximum absolute atomic E-state index is 5.46. The van der Waals surface area contributed by atoms with Gasteiger partial charge in [-0.3, -0.25) is 0 Å². The van der Waals surface area contributed by atoms with Crippen molar-refractivity contribution < 1.29 is 4.74 Å². The number of hydrogen-bond donors (Lipinski definition) is 1. The largest absolute Gasteiger partial charge is 0.381 e. The van der Waals surface area contributed by atoms with Crippen LogP contribution >= 0.6 is 0 Å². The minimum absolute atomic E-state index is 0.535. The molecule has 112 valence electrons. The Morgan fingerprint density at radius 1 is 1.32 bits per heavy atom. The van der Waals surface area contributed by atoms with Crippen LogP contribution in [0.1, 0.15) is 45.4 Å². The van der Waals surface area contributed by atoms with Crippen LogP contribution in [0.15, 0.2) is 0 Å². The van der Waals surface area contributed by atoms with Crippen molar-refractivity contribution in [1.82, 2.24) is 10.2 Å². The zero-order valence-electron chi connectivity index (χ0n) is 12.9. The summed E-state index contributed by atoms with van der Waals surface area (Å²) in [5.74, 6) is 0.856. The summed E-state index contributed by atoms with van der Waals surface area (Å²) in [6, 6.07) is 0. The average molecular weight is 268 g/mol. The number of piperidine rings is 1. The van der Waals surface area contributed by atoms with Crippen molar-refractivity contribution >= 4 is 0 Å². The van der Waals surface area contributed by atoms with E-state index in [0.29, 0.717) is 5.41 Å². The lowest BCUT2D eigenvalue weighted by Gasteiger charge is -2.41. The third-order valence-corrected chi connectivity index (χ3v) is 4.86. The van der Waals surface area contributed by atoms with Gasteiger partial charge in [-0.15, -0.1) is 0 Å². The fourth-order valence-electron chi connectivity index (χ4n) is 3.99. The molecule has 2 rings (SSSR count). The highest BCUT2D eigenvalue weighted by Crippen LogP contribution is 2.32. The van der Waals surface area contributed by atoms with Crippen LogP contribution in [0.4, 0.5) is 0 Å². The Morgan fingerprint density at radius 3 is 2.74 bits per heavy atom. The van der Waals surface area contributed by atoms with E-state index in [2.05, 4.69) is 24.2 Å². The zero-order valence-corrected chi connectivity index (χ0v) is 12.9. The summed E-state index contributed by atoms with van der Waals surface area (Å²) in [5, 5.41) is 3.62. The second-order valence-corrected chi connectivity index (χ2v) is 6.78. The highest BCUT2D eigenvalue weighted by Gasteiger charge is 2.32. The second-order valence-electron chi connectivity index (χ2n) is 6.78. The lowest BCUT2D eigenvalue weighted by Crippen LogP contribution is -2.47. The molecule has 0 bridgehead atoms. The molecule has 2 saturated heterocycles. The SMILES string of the molecule is CCCC1(CN(C)CC2CCOCC2)CCCNC1. The first-order valence-corrected chi connectivity index (χ1v) is 8.21. The van der Waals surface area contributed by atoms with Crippen LogP contribution in [0.3, 0.4) is 0 Å². The minimum Gasteiger partial charge on any atom is -0.381 e. The molecule has 2 heterocycles. The summed E-state index contributed by atoms with van der Waals surface area (Å²) in [5.41, 5.74) is 0.535.